The molecule has 5 nitrogen and oxygen atoms in total. The van der Waals surface area contributed by atoms with Gasteiger partial charge in [0.05, 0.1) is 0 Å². The maximum Gasteiger partial charge on any atom is 0.223 e. The smallest absolute Gasteiger partial charge is 0.223 e. The van der Waals surface area contributed by atoms with Gasteiger partial charge in [0, 0.05) is 36.8 Å². The van der Waals surface area contributed by atoms with Gasteiger partial charge in [-0.15, -0.1) is 0 Å². The molecule has 0 unspecified atom stereocenters. The number of hydrogen-bond donors (Lipinski definition) is 1. The summed E-state index contributed by atoms with van der Waals surface area (Å²) >= 11 is 0. The maximum absolute atomic E-state index is 12.6. The first-order valence-corrected chi connectivity index (χ1v) is 10.5. The molecule has 0 bridgehead atoms. The summed E-state index contributed by atoms with van der Waals surface area (Å²) in [5.41, 5.74) is 4.98. The van der Waals surface area contributed by atoms with E-state index in [0.717, 1.165) is 56.0 Å². The molecule has 28 heavy (non-hydrogen) atoms. The fourth-order valence-corrected chi connectivity index (χ4v) is 4.35. The number of aryl methyl sites for hydroxylation is 3. The lowest BCUT2D eigenvalue weighted by molar-refractivity contribution is -0.125. The van der Waals surface area contributed by atoms with E-state index in [1.165, 1.54) is 29.7 Å². The number of rotatable bonds is 4. The topological polar surface area (TPSA) is 58.1 Å². The predicted octanol–water partition coefficient (Wildman–Crippen LogP) is 3.51. The van der Waals surface area contributed by atoms with Gasteiger partial charge in [-0.1, -0.05) is 29.8 Å². The molecule has 2 aromatic rings. The van der Waals surface area contributed by atoms with Gasteiger partial charge in [-0.05, 0) is 57.9 Å². The Hall–Kier alpha value is -2.43. The molecule has 4 rings (SSSR count). The Kier molecular flexibility index (Phi) is 5.60. The zero-order valence-corrected chi connectivity index (χ0v) is 17.0. The number of aromatic nitrogens is 2. The van der Waals surface area contributed by atoms with Gasteiger partial charge in [-0.3, -0.25) is 4.79 Å². The molecular weight excluding hydrogens is 348 g/mol. The predicted molar refractivity (Wildman–Crippen MR) is 111 cm³/mol. The first-order chi connectivity index (χ1) is 13.6. The normalized spacial score (nSPS) is 17.3. The lowest BCUT2D eigenvalue weighted by Crippen LogP contribution is -2.41. The van der Waals surface area contributed by atoms with E-state index < -0.39 is 0 Å². The van der Waals surface area contributed by atoms with Crippen molar-refractivity contribution in [3.8, 4) is 0 Å². The lowest BCUT2D eigenvalue weighted by Gasteiger charge is -2.34. The highest BCUT2D eigenvalue weighted by atomic mass is 16.1. The Labute approximate surface area is 167 Å². The molecule has 1 aromatic carbocycles. The summed E-state index contributed by atoms with van der Waals surface area (Å²) in [6.45, 7) is 6.46. The molecule has 1 N–H and O–H groups in total. The van der Waals surface area contributed by atoms with E-state index in [2.05, 4.69) is 46.4 Å². The van der Waals surface area contributed by atoms with Gasteiger partial charge < -0.3 is 10.2 Å². The van der Waals surface area contributed by atoms with Crippen LogP contribution in [0.15, 0.2) is 24.3 Å². The van der Waals surface area contributed by atoms with Gasteiger partial charge in [0.25, 0.3) is 0 Å². The number of carbonyl (C=O) groups excluding carboxylic acids is 1. The van der Waals surface area contributed by atoms with Crippen LogP contribution < -0.4 is 10.2 Å². The van der Waals surface area contributed by atoms with Crippen molar-refractivity contribution in [1.82, 2.24) is 15.3 Å². The summed E-state index contributed by atoms with van der Waals surface area (Å²) in [4.78, 5) is 24.4. The van der Waals surface area contributed by atoms with Crippen molar-refractivity contribution in [2.24, 2.45) is 5.92 Å². The average Bonchev–Trinajstić information content (AvgIpc) is 2.72. The van der Waals surface area contributed by atoms with Crippen LogP contribution in [0.4, 0.5) is 5.82 Å². The Morgan fingerprint density at radius 1 is 1.07 bits per heavy atom. The Bertz CT molecular complexity index is 838. The second-order valence-corrected chi connectivity index (χ2v) is 8.19. The Morgan fingerprint density at radius 2 is 1.79 bits per heavy atom. The molecule has 2 heterocycles. The number of fused-ring (bicyclic) bond motifs is 1. The molecule has 1 fully saturated rings. The van der Waals surface area contributed by atoms with E-state index in [9.17, 15) is 4.79 Å². The maximum atomic E-state index is 12.6. The second kappa shape index (κ2) is 8.29. The van der Waals surface area contributed by atoms with Crippen LogP contribution in [0, 0.1) is 19.8 Å². The first-order valence-electron chi connectivity index (χ1n) is 10.5. The quantitative estimate of drug-likeness (QED) is 0.885. The van der Waals surface area contributed by atoms with Crippen molar-refractivity contribution in [3.05, 3.63) is 52.5 Å². The fourth-order valence-electron chi connectivity index (χ4n) is 4.35. The minimum absolute atomic E-state index is 0.0976. The number of anilines is 1. The fraction of sp³-hybridized carbons (Fsp3) is 0.522. The Balaban J connectivity index is 1.35. The zero-order valence-electron chi connectivity index (χ0n) is 17.0. The standard InChI is InChI=1S/C23H30N4O/c1-16-7-9-18(10-8-16)15-24-23(28)19-11-13-27(14-12-19)22-20-5-3-4-6-21(20)25-17(2)26-22/h7-10,19H,3-6,11-15H2,1-2H3,(H,24,28). The molecule has 148 valence electrons. The van der Waals surface area contributed by atoms with Crippen LogP contribution in [0.5, 0.6) is 0 Å². The average molecular weight is 379 g/mol. The molecule has 1 amide bonds. The molecule has 1 aliphatic carbocycles. The number of hydrogen-bond acceptors (Lipinski definition) is 4. The molecule has 0 atom stereocenters. The number of nitrogens with one attached hydrogen (secondary N) is 1. The van der Waals surface area contributed by atoms with Gasteiger partial charge in [-0.2, -0.15) is 0 Å². The number of carbonyl (C=O) groups is 1. The highest BCUT2D eigenvalue weighted by Gasteiger charge is 2.28. The van der Waals surface area contributed by atoms with E-state index in [0.29, 0.717) is 6.54 Å². The van der Waals surface area contributed by atoms with Gasteiger partial charge >= 0.3 is 0 Å². The van der Waals surface area contributed by atoms with Crippen molar-refractivity contribution in [3.63, 3.8) is 0 Å². The van der Waals surface area contributed by atoms with Crippen LogP contribution in [-0.4, -0.2) is 29.0 Å². The number of benzene rings is 1. The summed E-state index contributed by atoms with van der Waals surface area (Å²) < 4.78 is 0. The number of nitrogens with zero attached hydrogens (tertiary/aromatic N) is 3. The largest absolute Gasteiger partial charge is 0.356 e. The zero-order chi connectivity index (χ0) is 19.5. The van der Waals surface area contributed by atoms with Crippen molar-refractivity contribution in [2.75, 3.05) is 18.0 Å². The third kappa shape index (κ3) is 4.18. The summed E-state index contributed by atoms with van der Waals surface area (Å²) in [5, 5.41) is 3.12. The van der Waals surface area contributed by atoms with Crippen LogP contribution in [0.2, 0.25) is 0 Å². The van der Waals surface area contributed by atoms with E-state index in [1.807, 2.05) is 6.92 Å². The highest BCUT2D eigenvalue weighted by molar-refractivity contribution is 5.79. The SMILES string of the molecule is Cc1ccc(CNC(=O)C2CCN(c3nc(C)nc4c3CCCC4)CC2)cc1. The molecule has 2 aliphatic rings. The second-order valence-electron chi connectivity index (χ2n) is 8.19. The van der Waals surface area contributed by atoms with Crippen LogP contribution in [0.25, 0.3) is 0 Å². The van der Waals surface area contributed by atoms with Crippen LogP contribution in [-0.2, 0) is 24.2 Å². The molecule has 0 saturated carbocycles. The van der Waals surface area contributed by atoms with E-state index in [-0.39, 0.29) is 11.8 Å². The summed E-state index contributed by atoms with van der Waals surface area (Å²) in [7, 11) is 0. The minimum Gasteiger partial charge on any atom is -0.356 e. The molecule has 1 aliphatic heterocycles. The van der Waals surface area contributed by atoms with Crippen LogP contribution in [0.1, 0.15) is 53.9 Å². The molecule has 0 radical (unpaired) electrons. The molecule has 1 aromatic heterocycles. The van der Waals surface area contributed by atoms with Crippen molar-refractivity contribution >= 4 is 11.7 Å². The third-order valence-corrected chi connectivity index (χ3v) is 6.03. The lowest BCUT2D eigenvalue weighted by atomic mass is 9.93. The van der Waals surface area contributed by atoms with Gasteiger partial charge in [0.15, 0.2) is 0 Å². The first kappa shape index (κ1) is 18.9. The van der Waals surface area contributed by atoms with Gasteiger partial charge in [0.2, 0.25) is 5.91 Å². The summed E-state index contributed by atoms with van der Waals surface area (Å²) in [6, 6.07) is 8.34. The Morgan fingerprint density at radius 3 is 2.54 bits per heavy atom. The molecule has 1 saturated heterocycles. The number of piperidine rings is 1. The molecular formula is C23H30N4O. The van der Waals surface area contributed by atoms with E-state index >= 15 is 0 Å². The van der Waals surface area contributed by atoms with E-state index in [1.54, 1.807) is 0 Å². The molecule has 5 heteroatoms. The van der Waals surface area contributed by atoms with Crippen molar-refractivity contribution in [2.45, 2.75) is 58.9 Å². The van der Waals surface area contributed by atoms with Gasteiger partial charge in [-0.25, -0.2) is 9.97 Å². The molecule has 0 spiro atoms. The highest BCUT2D eigenvalue weighted by Crippen LogP contribution is 2.30. The van der Waals surface area contributed by atoms with Crippen LogP contribution in [0.3, 0.4) is 0 Å². The minimum atomic E-state index is 0.0976. The third-order valence-electron chi connectivity index (χ3n) is 6.03. The van der Waals surface area contributed by atoms with E-state index in [4.69, 9.17) is 4.98 Å². The monoisotopic (exact) mass is 378 g/mol. The van der Waals surface area contributed by atoms with Crippen molar-refractivity contribution in [1.29, 1.82) is 0 Å². The summed E-state index contributed by atoms with van der Waals surface area (Å²) in [6.07, 6.45) is 6.39. The van der Waals surface area contributed by atoms with Gasteiger partial charge in [0.1, 0.15) is 11.6 Å². The number of amides is 1. The van der Waals surface area contributed by atoms with Crippen molar-refractivity contribution < 1.29 is 4.79 Å². The summed E-state index contributed by atoms with van der Waals surface area (Å²) in [5.74, 6) is 2.27. The van der Waals surface area contributed by atoms with Crippen LogP contribution >= 0.6 is 0 Å².